The van der Waals surface area contributed by atoms with E-state index in [1.54, 1.807) is 17.5 Å². The first kappa shape index (κ1) is 14.6. The largest absolute Gasteiger partial charge is 0.312 e. The Bertz CT molecular complexity index is 433. The van der Waals surface area contributed by atoms with Crippen LogP contribution in [0.5, 0.6) is 0 Å². The van der Waals surface area contributed by atoms with Gasteiger partial charge in [0.2, 0.25) is 0 Å². The molecule has 0 bridgehead atoms. The fraction of sp³-hybridized carbons (Fsp3) is 0.250. The molecule has 2 aromatic rings. The molecule has 0 spiro atoms. The van der Waals surface area contributed by atoms with Crippen LogP contribution in [-0.4, -0.2) is 11.5 Å². The number of hydrogen-bond acceptors (Lipinski definition) is 3. The van der Waals surface area contributed by atoms with Gasteiger partial charge in [-0.3, -0.25) is 4.98 Å². The zero-order valence-electron chi connectivity index (χ0n) is 9.23. The maximum Gasteiger partial charge on any atom is 0.0701 e. The molecule has 1 N–H and O–H groups in total. The van der Waals surface area contributed by atoms with E-state index in [4.69, 9.17) is 0 Å². The number of aromatic nitrogens is 1. The van der Waals surface area contributed by atoms with Crippen LogP contribution in [0.2, 0.25) is 0 Å². The summed E-state index contributed by atoms with van der Waals surface area (Å²) in [5, 5.41) is 3.41. The van der Waals surface area contributed by atoms with E-state index in [-0.39, 0.29) is 12.4 Å². The Labute approximate surface area is 120 Å². The summed E-state index contributed by atoms with van der Waals surface area (Å²) in [7, 11) is 0. The predicted octanol–water partition coefficient (Wildman–Crippen LogP) is 3.66. The lowest BCUT2D eigenvalue weighted by Crippen LogP contribution is -2.16. The van der Waals surface area contributed by atoms with Crippen LogP contribution >= 0.6 is 39.7 Å². The highest BCUT2D eigenvalue weighted by Crippen LogP contribution is 2.21. The number of nitrogens with one attached hydrogen (secondary N) is 1. The van der Waals surface area contributed by atoms with E-state index >= 15 is 0 Å². The number of rotatable bonds is 5. The average molecular weight is 334 g/mol. The minimum Gasteiger partial charge on any atom is -0.312 e. The summed E-state index contributed by atoms with van der Waals surface area (Å²) in [5.74, 6) is 0. The second-order valence-electron chi connectivity index (χ2n) is 3.49. The fourth-order valence-corrected chi connectivity index (χ4v) is 2.92. The molecule has 0 aliphatic carbocycles. The van der Waals surface area contributed by atoms with Crippen LogP contribution < -0.4 is 5.32 Å². The molecule has 0 aliphatic heterocycles. The van der Waals surface area contributed by atoms with Gasteiger partial charge in [0, 0.05) is 30.4 Å². The monoisotopic (exact) mass is 332 g/mol. The first-order chi connectivity index (χ1) is 7.84. The first-order valence-electron chi connectivity index (χ1n) is 5.18. The summed E-state index contributed by atoms with van der Waals surface area (Å²) < 4.78 is 1.20. The standard InChI is InChI=1S/C12H13BrN2S.ClH/c13-12-4-3-11(16-12)5-7-15-9-10-2-1-6-14-8-10;/h1-4,6,8,15H,5,7,9H2;1H. The van der Waals surface area contributed by atoms with Gasteiger partial charge >= 0.3 is 0 Å². The lowest BCUT2D eigenvalue weighted by Gasteiger charge is -2.02. The zero-order valence-corrected chi connectivity index (χ0v) is 12.4. The zero-order chi connectivity index (χ0) is 11.2. The lowest BCUT2D eigenvalue weighted by molar-refractivity contribution is 0.689. The van der Waals surface area contributed by atoms with Gasteiger partial charge in [-0.2, -0.15) is 0 Å². The number of halogens is 2. The molecule has 2 aromatic heterocycles. The van der Waals surface area contributed by atoms with Gasteiger partial charge in [-0.1, -0.05) is 6.07 Å². The van der Waals surface area contributed by atoms with Crippen molar-refractivity contribution in [1.29, 1.82) is 0 Å². The number of hydrogen-bond donors (Lipinski definition) is 1. The van der Waals surface area contributed by atoms with Crippen LogP contribution in [0.25, 0.3) is 0 Å². The fourth-order valence-electron chi connectivity index (χ4n) is 1.43. The highest BCUT2D eigenvalue weighted by molar-refractivity contribution is 9.11. The molecule has 17 heavy (non-hydrogen) atoms. The van der Waals surface area contributed by atoms with Crippen molar-refractivity contribution >= 4 is 39.7 Å². The summed E-state index contributed by atoms with van der Waals surface area (Å²) in [6.07, 6.45) is 4.78. The van der Waals surface area contributed by atoms with Crippen LogP contribution in [0, 0.1) is 0 Å². The topological polar surface area (TPSA) is 24.9 Å². The minimum absolute atomic E-state index is 0. The maximum atomic E-state index is 4.08. The second-order valence-corrected chi connectivity index (χ2v) is 6.04. The Morgan fingerprint density at radius 3 is 2.82 bits per heavy atom. The molecule has 2 nitrogen and oxygen atoms in total. The smallest absolute Gasteiger partial charge is 0.0701 e. The van der Waals surface area contributed by atoms with Gasteiger partial charge in [0.25, 0.3) is 0 Å². The third-order valence-corrected chi connectivity index (χ3v) is 3.91. The molecule has 0 saturated carbocycles. The van der Waals surface area contributed by atoms with Crippen molar-refractivity contribution < 1.29 is 0 Å². The number of pyridine rings is 1. The van der Waals surface area contributed by atoms with Crippen molar-refractivity contribution in [2.75, 3.05) is 6.54 Å². The van der Waals surface area contributed by atoms with Crippen molar-refractivity contribution in [3.05, 3.63) is 50.9 Å². The molecular formula is C12H14BrClN2S. The highest BCUT2D eigenvalue weighted by Gasteiger charge is 1.97. The van der Waals surface area contributed by atoms with Gasteiger partial charge in [-0.15, -0.1) is 23.7 Å². The summed E-state index contributed by atoms with van der Waals surface area (Å²) in [5.41, 5.74) is 1.23. The SMILES string of the molecule is Brc1ccc(CCNCc2cccnc2)s1.Cl. The molecule has 5 heteroatoms. The Kier molecular flexibility index (Phi) is 6.73. The molecule has 0 aliphatic rings. The molecule has 0 amide bonds. The first-order valence-corrected chi connectivity index (χ1v) is 6.79. The van der Waals surface area contributed by atoms with Crippen LogP contribution in [0.1, 0.15) is 10.4 Å². The quantitative estimate of drug-likeness (QED) is 0.845. The van der Waals surface area contributed by atoms with E-state index in [1.165, 1.54) is 14.2 Å². The Morgan fingerprint density at radius 2 is 2.18 bits per heavy atom. The van der Waals surface area contributed by atoms with Crippen molar-refractivity contribution in [2.45, 2.75) is 13.0 Å². The predicted molar refractivity (Wildman–Crippen MR) is 78.9 cm³/mol. The van der Waals surface area contributed by atoms with Crippen molar-refractivity contribution in [3.63, 3.8) is 0 Å². The summed E-state index contributed by atoms with van der Waals surface area (Å²) >= 11 is 5.27. The minimum atomic E-state index is 0. The van der Waals surface area contributed by atoms with Gasteiger partial charge in [0.1, 0.15) is 0 Å². The molecule has 92 valence electrons. The molecule has 0 fully saturated rings. The van der Waals surface area contributed by atoms with E-state index in [0.717, 1.165) is 19.5 Å². The number of nitrogens with zero attached hydrogens (tertiary/aromatic N) is 1. The third-order valence-electron chi connectivity index (χ3n) is 2.23. The summed E-state index contributed by atoms with van der Waals surface area (Å²) in [6, 6.07) is 8.32. The average Bonchev–Trinajstić information content (AvgIpc) is 2.72. The van der Waals surface area contributed by atoms with Gasteiger partial charge in [-0.25, -0.2) is 0 Å². The molecule has 2 heterocycles. The van der Waals surface area contributed by atoms with Gasteiger partial charge in [-0.05, 0) is 46.1 Å². The molecule has 0 unspecified atom stereocenters. The molecule has 2 rings (SSSR count). The second kappa shape index (κ2) is 7.82. The van der Waals surface area contributed by atoms with E-state index in [1.807, 2.05) is 12.3 Å². The Morgan fingerprint density at radius 1 is 1.29 bits per heavy atom. The van der Waals surface area contributed by atoms with Gasteiger partial charge in [0.05, 0.1) is 3.79 Å². The highest BCUT2D eigenvalue weighted by atomic mass is 79.9. The van der Waals surface area contributed by atoms with E-state index in [9.17, 15) is 0 Å². The molecule has 0 aromatic carbocycles. The van der Waals surface area contributed by atoms with E-state index in [2.05, 4.69) is 44.4 Å². The third kappa shape index (κ3) is 5.17. The molecule has 0 saturated heterocycles. The normalized spacial score (nSPS) is 9.94. The van der Waals surface area contributed by atoms with Crippen LogP contribution in [0.3, 0.4) is 0 Å². The van der Waals surface area contributed by atoms with Gasteiger partial charge < -0.3 is 5.32 Å². The molecule has 0 radical (unpaired) electrons. The number of thiophene rings is 1. The van der Waals surface area contributed by atoms with Crippen LogP contribution in [-0.2, 0) is 13.0 Å². The molecule has 0 atom stereocenters. The van der Waals surface area contributed by atoms with Crippen molar-refractivity contribution in [2.24, 2.45) is 0 Å². The van der Waals surface area contributed by atoms with Crippen LogP contribution in [0.15, 0.2) is 40.4 Å². The van der Waals surface area contributed by atoms with Gasteiger partial charge in [0.15, 0.2) is 0 Å². The maximum absolute atomic E-state index is 4.08. The lowest BCUT2D eigenvalue weighted by atomic mass is 10.3. The van der Waals surface area contributed by atoms with Crippen molar-refractivity contribution in [3.8, 4) is 0 Å². The van der Waals surface area contributed by atoms with Crippen molar-refractivity contribution in [1.82, 2.24) is 10.3 Å². The summed E-state index contributed by atoms with van der Waals surface area (Å²) in [4.78, 5) is 5.49. The van der Waals surface area contributed by atoms with E-state index < -0.39 is 0 Å². The van der Waals surface area contributed by atoms with E-state index in [0.29, 0.717) is 0 Å². The van der Waals surface area contributed by atoms with Crippen LogP contribution in [0.4, 0.5) is 0 Å². The Hall–Kier alpha value is -0.420. The molecular weight excluding hydrogens is 320 g/mol. The Balaban J connectivity index is 0.00000144. The summed E-state index contributed by atoms with van der Waals surface area (Å²) in [6.45, 7) is 1.89.